The highest BCUT2D eigenvalue weighted by molar-refractivity contribution is 6.34. The van der Waals surface area contributed by atoms with Crippen LogP contribution in [0.1, 0.15) is 0 Å². The standard InChI is InChI=1S/C44H26N4/c1-2-12-28(13-3-1)47-37-21-9-7-16-31(37)35-26-27(24-25-38(35)47)43-34-17-6-8-20-36(34)45-44(46-43)48-39-22-10-18-32-29-14-4-5-15-30(29)33-19-11-23-40(48)42(33)41(32)39/h1-26H. The first-order valence-corrected chi connectivity index (χ1v) is 16.4. The van der Waals surface area contributed by atoms with Crippen molar-refractivity contribution >= 4 is 76.1 Å². The van der Waals surface area contributed by atoms with Crippen LogP contribution in [0.15, 0.2) is 158 Å². The van der Waals surface area contributed by atoms with Gasteiger partial charge in [-0.2, -0.15) is 0 Å². The first-order chi connectivity index (χ1) is 23.8. The molecule has 3 aromatic heterocycles. The summed E-state index contributed by atoms with van der Waals surface area (Å²) in [5, 5.41) is 11.0. The van der Waals surface area contributed by atoms with Crippen molar-refractivity contribution in [3.05, 3.63) is 158 Å². The van der Waals surface area contributed by atoms with E-state index in [1.165, 1.54) is 54.1 Å². The summed E-state index contributed by atoms with van der Waals surface area (Å²) in [7, 11) is 0. The van der Waals surface area contributed by atoms with Crippen molar-refractivity contribution in [2.75, 3.05) is 0 Å². The summed E-state index contributed by atoms with van der Waals surface area (Å²) in [6.45, 7) is 0. The number of para-hydroxylation sites is 3. The fraction of sp³-hybridized carbons (Fsp3) is 0. The van der Waals surface area contributed by atoms with E-state index in [4.69, 9.17) is 9.97 Å². The minimum atomic E-state index is 0.677. The Bertz CT molecular complexity index is 2970. The van der Waals surface area contributed by atoms with Crippen LogP contribution in [-0.2, 0) is 0 Å². The number of benzene rings is 8. The van der Waals surface area contributed by atoms with Gasteiger partial charge in [0, 0.05) is 38.2 Å². The zero-order valence-electron chi connectivity index (χ0n) is 25.8. The number of aromatic nitrogens is 4. The molecular weight excluding hydrogens is 585 g/mol. The molecule has 48 heavy (non-hydrogen) atoms. The quantitative estimate of drug-likeness (QED) is 0.187. The van der Waals surface area contributed by atoms with Crippen LogP contribution in [0.25, 0.3) is 99.0 Å². The minimum absolute atomic E-state index is 0.677. The van der Waals surface area contributed by atoms with Gasteiger partial charge in [-0.15, -0.1) is 0 Å². The summed E-state index contributed by atoms with van der Waals surface area (Å²) in [5.74, 6) is 0.677. The predicted molar refractivity (Wildman–Crippen MR) is 200 cm³/mol. The molecule has 11 rings (SSSR count). The molecule has 3 heterocycles. The second-order valence-electron chi connectivity index (χ2n) is 12.6. The summed E-state index contributed by atoms with van der Waals surface area (Å²) in [6, 6.07) is 56.4. The Kier molecular flexibility index (Phi) is 5.08. The van der Waals surface area contributed by atoms with Crippen LogP contribution in [0.3, 0.4) is 0 Å². The summed E-state index contributed by atoms with van der Waals surface area (Å²) in [4.78, 5) is 10.7. The molecule has 222 valence electrons. The minimum Gasteiger partial charge on any atom is -0.309 e. The van der Waals surface area contributed by atoms with Gasteiger partial charge in [-0.1, -0.05) is 109 Å². The Morgan fingerprint density at radius 3 is 1.65 bits per heavy atom. The Labute approximate surface area is 275 Å². The number of fused-ring (bicyclic) bond motifs is 7. The summed E-state index contributed by atoms with van der Waals surface area (Å²) in [5.41, 5.74) is 8.66. The van der Waals surface area contributed by atoms with Gasteiger partial charge in [-0.05, 0) is 70.1 Å². The molecule has 11 aromatic rings. The smallest absolute Gasteiger partial charge is 0.235 e. The Hall–Kier alpha value is -6.52. The van der Waals surface area contributed by atoms with Crippen LogP contribution < -0.4 is 0 Å². The molecule has 0 spiro atoms. The lowest BCUT2D eigenvalue weighted by molar-refractivity contribution is 1.01. The lowest BCUT2D eigenvalue weighted by Gasteiger charge is -2.12. The Morgan fingerprint density at radius 2 is 0.917 bits per heavy atom. The Morgan fingerprint density at radius 1 is 0.354 bits per heavy atom. The first-order valence-electron chi connectivity index (χ1n) is 16.4. The lowest BCUT2D eigenvalue weighted by Crippen LogP contribution is -2.03. The van der Waals surface area contributed by atoms with Gasteiger partial charge < -0.3 is 4.57 Å². The van der Waals surface area contributed by atoms with Crippen LogP contribution in [0.4, 0.5) is 0 Å². The van der Waals surface area contributed by atoms with Crippen molar-refractivity contribution in [2.24, 2.45) is 0 Å². The van der Waals surface area contributed by atoms with Gasteiger partial charge in [0.2, 0.25) is 5.95 Å². The van der Waals surface area contributed by atoms with Crippen molar-refractivity contribution in [1.29, 1.82) is 0 Å². The molecular formula is C44H26N4. The third-order valence-corrected chi connectivity index (χ3v) is 10.1. The van der Waals surface area contributed by atoms with Crippen LogP contribution in [-0.4, -0.2) is 19.1 Å². The highest BCUT2D eigenvalue weighted by Crippen LogP contribution is 2.44. The highest BCUT2D eigenvalue weighted by Gasteiger charge is 2.22. The van der Waals surface area contributed by atoms with Crippen molar-refractivity contribution in [3.63, 3.8) is 0 Å². The van der Waals surface area contributed by atoms with Crippen LogP contribution >= 0.6 is 0 Å². The first kappa shape index (κ1) is 25.6. The number of hydrogen-bond acceptors (Lipinski definition) is 2. The number of hydrogen-bond donors (Lipinski definition) is 0. The summed E-state index contributed by atoms with van der Waals surface area (Å²) >= 11 is 0. The summed E-state index contributed by atoms with van der Waals surface area (Å²) in [6.07, 6.45) is 0. The molecule has 0 aliphatic rings. The third kappa shape index (κ3) is 3.38. The van der Waals surface area contributed by atoms with E-state index in [2.05, 4.69) is 167 Å². The van der Waals surface area contributed by atoms with E-state index < -0.39 is 0 Å². The van der Waals surface area contributed by atoms with E-state index >= 15 is 0 Å². The second kappa shape index (κ2) is 9.50. The van der Waals surface area contributed by atoms with E-state index in [9.17, 15) is 0 Å². The third-order valence-electron chi connectivity index (χ3n) is 10.1. The van der Waals surface area contributed by atoms with Crippen molar-refractivity contribution in [1.82, 2.24) is 19.1 Å². The van der Waals surface area contributed by atoms with Gasteiger partial charge in [0.15, 0.2) is 0 Å². The van der Waals surface area contributed by atoms with Crippen molar-refractivity contribution in [3.8, 4) is 22.9 Å². The lowest BCUT2D eigenvalue weighted by atomic mass is 9.95. The monoisotopic (exact) mass is 610 g/mol. The highest BCUT2D eigenvalue weighted by atomic mass is 15.2. The molecule has 0 atom stereocenters. The SMILES string of the molecule is c1ccc(-n2c3ccccc3c3cc(-c4nc(-n5c6cccc7c8ccccc8c8cccc5c8c76)nc5ccccc45)ccc32)cc1. The van der Waals surface area contributed by atoms with E-state index in [0.717, 1.165) is 38.9 Å². The fourth-order valence-corrected chi connectivity index (χ4v) is 8.09. The van der Waals surface area contributed by atoms with Crippen molar-refractivity contribution < 1.29 is 0 Å². The molecule has 0 bridgehead atoms. The largest absolute Gasteiger partial charge is 0.309 e. The van der Waals surface area contributed by atoms with Gasteiger partial charge in [-0.3, -0.25) is 4.57 Å². The molecule has 0 aliphatic carbocycles. The summed E-state index contributed by atoms with van der Waals surface area (Å²) < 4.78 is 4.62. The average molecular weight is 611 g/mol. The number of rotatable bonds is 3. The maximum Gasteiger partial charge on any atom is 0.235 e. The van der Waals surface area contributed by atoms with E-state index in [1.807, 2.05) is 0 Å². The molecule has 8 aromatic carbocycles. The van der Waals surface area contributed by atoms with Crippen LogP contribution in [0.2, 0.25) is 0 Å². The van der Waals surface area contributed by atoms with E-state index in [-0.39, 0.29) is 0 Å². The van der Waals surface area contributed by atoms with Crippen LogP contribution in [0.5, 0.6) is 0 Å². The topological polar surface area (TPSA) is 35.6 Å². The molecule has 0 amide bonds. The molecule has 0 radical (unpaired) electrons. The molecule has 4 heteroatoms. The molecule has 0 saturated heterocycles. The van der Waals surface area contributed by atoms with Gasteiger partial charge >= 0.3 is 0 Å². The zero-order chi connectivity index (χ0) is 31.3. The Balaban J connectivity index is 1.22. The van der Waals surface area contributed by atoms with Crippen LogP contribution in [0, 0.1) is 0 Å². The molecule has 4 nitrogen and oxygen atoms in total. The van der Waals surface area contributed by atoms with E-state index in [1.54, 1.807) is 0 Å². The fourth-order valence-electron chi connectivity index (χ4n) is 8.09. The molecule has 0 fully saturated rings. The maximum absolute atomic E-state index is 5.44. The molecule has 0 unspecified atom stereocenters. The molecule has 0 saturated carbocycles. The molecule has 0 aliphatic heterocycles. The van der Waals surface area contributed by atoms with E-state index in [0.29, 0.717) is 5.95 Å². The number of nitrogens with zero attached hydrogens (tertiary/aromatic N) is 4. The van der Waals surface area contributed by atoms with Crippen molar-refractivity contribution in [2.45, 2.75) is 0 Å². The molecule has 0 N–H and O–H groups in total. The zero-order valence-corrected chi connectivity index (χ0v) is 25.8. The second-order valence-corrected chi connectivity index (χ2v) is 12.6. The van der Waals surface area contributed by atoms with Gasteiger partial charge in [-0.25, -0.2) is 9.97 Å². The average Bonchev–Trinajstić information content (AvgIpc) is 3.67. The van der Waals surface area contributed by atoms with Gasteiger partial charge in [0.05, 0.1) is 33.3 Å². The van der Waals surface area contributed by atoms with Gasteiger partial charge in [0.25, 0.3) is 0 Å². The maximum atomic E-state index is 5.44. The predicted octanol–water partition coefficient (Wildman–Crippen LogP) is 11.2. The normalized spacial score (nSPS) is 12.2. The van der Waals surface area contributed by atoms with Gasteiger partial charge in [0.1, 0.15) is 0 Å².